The minimum atomic E-state index is -0.358. The molecule has 0 aliphatic carbocycles. The average molecular weight is 247 g/mol. The first-order valence-electron chi connectivity index (χ1n) is 5.68. The molecule has 0 aliphatic rings. The van der Waals surface area contributed by atoms with E-state index in [0.717, 1.165) is 5.56 Å². The quantitative estimate of drug-likeness (QED) is 0.867. The number of nitrogens with one attached hydrogen (secondary N) is 2. The second-order valence-corrected chi connectivity index (χ2v) is 4.09. The highest BCUT2D eigenvalue weighted by molar-refractivity contribution is 5.79. The van der Waals surface area contributed by atoms with Gasteiger partial charge in [-0.1, -0.05) is 18.2 Å². The average Bonchev–Trinajstić information content (AvgIpc) is 2.85. The van der Waals surface area contributed by atoms with Gasteiger partial charge in [0.05, 0.1) is 18.7 Å². The van der Waals surface area contributed by atoms with E-state index in [2.05, 4.69) is 15.5 Å². The van der Waals surface area contributed by atoms with Crippen LogP contribution in [-0.2, 0) is 11.2 Å². The molecule has 1 aromatic carbocycles. The fraction of sp³-hybridized carbons (Fsp3) is 0.231. The third kappa shape index (κ3) is 2.94. The van der Waals surface area contributed by atoms with E-state index in [4.69, 9.17) is 0 Å². The highest BCUT2D eigenvalue weighted by Gasteiger charge is 2.12. The van der Waals surface area contributed by atoms with Crippen LogP contribution < -0.4 is 5.32 Å². The fourth-order valence-electron chi connectivity index (χ4n) is 1.69. The topological polar surface area (TPSA) is 57.8 Å². The number of aromatic amines is 1. The van der Waals surface area contributed by atoms with Gasteiger partial charge in [-0.05, 0) is 18.6 Å². The van der Waals surface area contributed by atoms with Crippen molar-refractivity contribution in [2.24, 2.45) is 0 Å². The Kier molecular flexibility index (Phi) is 3.72. The van der Waals surface area contributed by atoms with Crippen molar-refractivity contribution in [1.29, 1.82) is 0 Å². The summed E-state index contributed by atoms with van der Waals surface area (Å²) in [6.07, 6.45) is 3.40. The van der Waals surface area contributed by atoms with Crippen LogP contribution in [0.2, 0.25) is 0 Å². The summed E-state index contributed by atoms with van der Waals surface area (Å²) in [6, 6.07) is 6.12. The Morgan fingerprint density at radius 2 is 2.28 bits per heavy atom. The van der Waals surface area contributed by atoms with E-state index in [1.165, 1.54) is 6.07 Å². The van der Waals surface area contributed by atoms with E-state index in [9.17, 15) is 9.18 Å². The number of carbonyl (C=O) groups is 1. The number of benzene rings is 1. The number of H-pyrrole nitrogens is 1. The molecule has 2 N–H and O–H groups in total. The van der Waals surface area contributed by atoms with Gasteiger partial charge in [0.15, 0.2) is 0 Å². The molecule has 5 heteroatoms. The Hall–Kier alpha value is -2.17. The van der Waals surface area contributed by atoms with Crippen molar-refractivity contribution in [3.63, 3.8) is 0 Å². The van der Waals surface area contributed by atoms with Gasteiger partial charge in [0, 0.05) is 11.8 Å². The first kappa shape index (κ1) is 12.3. The van der Waals surface area contributed by atoms with Crippen LogP contribution in [0.5, 0.6) is 0 Å². The van der Waals surface area contributed by atoms with Crippen molar-refractivity contribution < 1.29 is 9.18 Å². The summed E-state index contributed by atoms with van der Waals surface area (Å²) in [4.78, 5) is 11.8. The maximum absolute atomic E-state index is 13.4. The molecular formula is C13H14FN3O. The number of halogens is 1. The molecule has 0 radical (unpaired) electrons. The zero-order valence-electron chi connectivity index (χ0n) is 9.98. The smallest absolute Gasteiger partial charge is 0.225 e. The zero-order chi connectivity index (χ0) is 13.0. The van der Waals surface area contributed by atoms with Gasteiger partial charge in [-0.25, -0.2) is 4.39 Å². The minimum absolute atomic E-state index is 0.0366. The summed E-state index contributed by atoms with van der Waals surface area (Å²) in [6.45, 7) is 1.85. The Labute approximate surface area is 104 Å². The van der Waals surface area contributed by atoms with Gasteiger partial charge in [-0.15, -0.1) is 0 Å². The highest BCUT2D eigenvalue weighted by atomic mass is 19.1. The van der Waals surface area contributed by atoms with Crippen LogP contribution in [0.1, 0.15) is 24.1 Å². The van der Waals surface area contributed by atoms with Crippen LogP contribution in [0.3, 0.4) is 0 Å². The lowest BCUT2D eigenvalue weighted by Crippen LogP contribution is -2.28. The molecule has 94 valence electrons. The van der Waals surface area contributed by atoms with Gasteiger partial charge in [0.2, 0.25) is 5.91 Å². The molecule has 1 atom stereocenters. The third-order valence-electron chi connectivity index (χ3n) is 2.71. The van der Waals surface area contributed by atoms with Crippen LogP contribution in [-0.4, -0.2) is 16.1 Å². The summed E-state index contributed by atoms with van der Waals surface area (Å²) >= 11 is 0. The number of nitrogens with zero attached hydrogens (tertiary/aromatic N) is 1. The first-order valence-corrected chi connectivity index (χ1v) is 5.68. The maximum atomic E-state index is 13.4. The van der Waals surface area contributed by atoms with E-state index >= 15 is 0 Å². The molecule has 1 aromatic heterocycles. The molecule has 0 saturated carbocycles. The summed E-state index contributed by atoms with van der Waals surface area (Å²) in [5.41, 5.74) is 1.28. The van der Waals surface area contributed by atoms with Gasteiger partial charge in [-0.3, -0.25) is 9.89 Å². The molecule has 18 heavy (non-hydrogen) atoms. The Balaban J connectivity index is 1.95. The molecule has 1 unspecified atom stereocenters. The molecule has 4 nitrogen and oxygen atoms in total. The van der Waals surface area contributed by atoms with Gasteiger partial charge in [0.25, 0.3) is 0 Å². The minimum Gasteiger partial charge on any atom is -0.349 e. The van der Waals surface area contributed by atoms with Gasteiger partial charge < -0.3 is 5.32 Å². The van der Waals surface area contributed by atoms with E-state index in [-0.39, 0.29) is 24.2 Å². The van der Waals surface area contributed by atoms with Crippen molar-refractivity contribution in [3.05, 3.63) is 53.6 Å². The zero-order valence-corrected chi connectivity index (χ0v) is 9.98. The SMILES string of the molecule is CC(NC(=O)Cc1ccccc1F)c1cn[nH]c1. The predicted molar refractivity (Wildman–Crippen MR) is 65.2 cm³/mol. The van der Waals surface area contributed by atoms with Gasteiger partial charge >= 0.3 is 0 Å². The number of hydrogen-bond acceptors (Lipinski definition) is 2. The Bertz CT molecular complexity index is 525. The normalized spacial score (nSPS) is 12.1. The van der Waals surface area contributed by atoms with Crippen LogP contribution in [0.25, 0.3) is 0 Å². The van der Waals surface area contributed by atoms with Crippen molar-refractivity contribution in [3.8, 4) is 0 Å². The van der Waals surface area contributed by atoms with E-state index < -0.39 is 0 Å². The number of carbonyl (C=O) groups excluding carboxylic acids is 1. The molecular weight excluding hydrogens is 233 g/mol. The highest BCUT2D eigenvalue weighted by Crippen LogP contribution is 2.11. The molecule has 1 amide bonds. The predicted octanol–water partition coefficient (Wildman–Crippen LogP) is 1.97. The van der Waals surface area contributed by atoms with E-state index in [1.54, 1.807) is 30.6 Å². The molecule has 0 saturated heterocycles. The van der Waals surface area contributed by atoms with Gasteiger partial charge in [0.1, 0.15) is 5.82 Å². The summed E-state index contributed by atoms with van der Waals surface area (Å²) in [5, 5.41) is 9.29. The third-order valence-corrected chi connectivity index (χ3v) is 2.71. The van der Waals surface area contributed by atoms with Crippen LogP contribution >= 0.6 is 0 Å². The summed E-state index contributed by atoms with van der Waals surface area (Å²) in [5.74, 6) is -0.572. The molecule has 0 aliphatic heterocycles. The molecule has 0 spiro atoms. The number of aromatic nitrogens is 2. The number of hydrogen-bond donors (Lipinski definition) is 2. The second kappa shape index (κ2) is 5.44. The van der Waals surface area contributed by atoms with Crippen LogP contribution in [0, 0.1) is 5.82 Å². The Morgan fingerprint density at radius 1 is 1.50 bits per heavy atom. The van der Waals surface area contributed by atoms with E-state index in [0.29, 0.717) is 5.56 Å². The molecule has 0 fully saturated rings. The Morgan fingerprint density at radius 3 is 2.94 bits per heavy atom. The van der Waals surface area contributed by atoms with Crippen molar-refractivity contribution in [2.75, 3.05) is 0 Å². The molecule has 2 aromatic rings. The van der Waals surface area contributed by atoms with Crippen molar-refractivity contribution >= 4 is 5.91 Å². The fourth-order valence-corrected chi connectivity index (χ4v) is 1.69. The molecule has 2 rings (SSSR count). The lowest BCUT2D eigenvalue weighted by Gasteiger charge is -2.12. The lowest BCUT2D eigenvalue weighted by molar-refractivity contribution is -0.121. The van der Waals surface area contributed by atoms with E-state index in [1.807, 2.05) is 6.92 Å². The van der Waals surface area contributed by atoms with Crippen molar-refractivity contribution in [2.45, 2.75) is 19.4 Å². The number of rotatable bonds is 4. The molecule has 0 bridgehead atoms. The van der Waals surface area contributed by atoms with Crippen molar-refractivity contribution in [1.82, 2.24) is 15.5 Å². The second-order valence-electron chi connectivity index (χ2n) is 4.09. The van der Waals surface area contributed by atoms with Crippen LogP contribution in [0.4, 0.5) is 4.39 Å². The standard InChI is InChI=1S/C13H14FN3O/c1-9(11-7-15-16-8-11)17-13(18)6-10-4-2-3-5-12(10)14/h2-5,7-9H,6H2,1H3,(H,15,16)(H,17,18). The summed E-state index contributed by atoms with van der Waals surface area (Å²) < 4.78 is 13.4. The lowest BCUT2D eigenvalue weighted by atomic mass is 10.1. The monoisotopic (exact) mass is 247 g/mol. The van der Waals surface area contributed by atoms with Crippen LogP contribution in [0.15, 0.2) is 36.7 Å². The number of amides is 1. The maximum Gasteiger partial charge on any atom is 0.225 e. The summed E-state index contributed by atoms with van der Waals surface area (Å²) in [7, 11) is 0. The largest absolute Gasteiger partial charge is 0.349 e. The first-order chi connectivity index (χ1) is 8.66. The molecule has 1 heterocycles. The van der Waals surface area contributed by atoms with Gasteiger partial charge in [-0.2, -0.15) is 5.10 Å².